The summed E-state index contributed by atoms with van der Waals surface area (Å²) in [5.41, 5.74) is 6.73. The second kappa shape index (κ2) is 5.71. The molecule has 2 rings (SSSR count). The molecular weight excluding hydrogens is 283 g/mol. The third kappa shape index (κ3) is 3.63. The molecule has 1 aromatic carbocycles. The Hall–Kier alpha value is -2.75. The van der Waals surface area contributed by atoms with Crippen LogP contribution in [0.1, 0.15) is 5.69 Å². The van der Waals surface area contributed by atoms with Crippen LogP contribution in [0.15, 0.2) is 36.4 Å². The van der Waals surface area contributed by atoms with Crippen molar-refractivity contribution in [1.82, 2.24) is 4.98 Å². The van der Waals surface area contributed by atoms with Gasteiger partial charge in [-0.25, -0.2) is 4.98 Å². The molecule has 0 spiro atoms. The number of nitrogens with zero attached hydrogens (tertiary/aromatic N) is 2. The van der Waals surface area contributed by atoms with Gasteiger partial charge in [-0.15, -0.1) is 13.2 Å². The van der Waals surface area contributed by atoms with Crippen LogP contribution in [0.25, 0.3) is 11.3 Å². The molecule has 0 aliphatic rings. The minimum absolute atomic E-state index is 0.0258. The van der Waals surface area contributed by atoms with E-state index in [4.69, 9.17) is 11.0 Å². The fourth-order valence-electron chi connectivity index (χ4n) is 1.77. The second-order valence-corrected chi connectivity index (χ2v) is 4.11. The van der Waals surface area contributed by atoms with E-state index in [1.54, 1.807) is 6.07 Å². The summed E-state index contributed by atoms with van der Waals surface area (Å²) in [6.07, 6.45) is -4.82. The lowest BCUT2D eigenvalue weighted by Gasteiger charge is -2.13. The third-order valence-corrected chi connectivity index (χ3v) is 2.64. The molecule has 0 fully saturated rings. The van der Waals surface area contributed by atoms with Gasteiger partial charge in [0.1, 0.15) is 5.75 Å². The molecule has 0 radical (unpaired) electrons. The molecule has 4 nitrogen and oxygen atoms in total. The highest BCUT2D eigenvalue weighted by molar-refractivity contribution is 5.68. The number of pyridine rings is 1. The fourth-order valence-corrected chi connectivity index (χ4v) is 1.77. The summed E-state index contributed by atoms with van der Waals surface area (Å²) < 4.78 is 41.2. The topological polar surface area (TPSA) is 71.9 Å². The molecule has 0 amide bonds. The number of alkyl halides is 3. The van der Waals surface area contributed by atoms with Gasteiger partial charge in [0.15, 0.2) is 0 Å². The molecule has 1 heterocycles. The second-order valence-electron chi connectivity index (χ2n) is 4.11. The van der Waals surface area contributed by atoms with Crippen LogP contribution in [0.2, 0.25) is 0 Å². The highest BCUT2D eigenvalue weighted by Crippen LogP contribution is 2.33. The van der Waals surface area contributed by atoms with E-state index in [9.17, 15) is 13.2 Å². The van der Waals surface area contributed by atoms with Crippen LogP contribution in [0.5, 0.6) is 5.75 Å². The van der Waals surface area contributed by atoms with Crippen molar-refractivity contribution in [3.05, 3.63) is 42.1 Å². The number of anilines is 1. The zero-order valence-corrected chi connectivity index (χ0v) is 10.7. The van der Waals surface area contributed by atoms with Gasteiger partial charge in [-0.3, -0.25) is 0 Å². The van der Waals surface area contributed by atoms with E-state index in [0.717, 1.165) is 0 Å². The van der Waals surface area contributed by atoms with E-state index in [1.165, 1.54) is 30.3 Å². The monoisotopic (exact) mass is 293 g/mol. The fraction of sp³-hybridized carbons (Fsp3) is 0.143. The lowest BCUT2D eigenvalue weighted by Crippen LogP contribution is -2.17. The number of nitriles is 1. The van der Waals surface area contributed by atoms with Crippen LogP contribution >= 0.6 is 0 Å². The minimum Gasteiger partial charge on any atom is -0.405 e. The lowest BCUT2D eigenvalue weighted by molar-refractivity contribution is -0.274. The summed E-state index contributed by atoms with van der Waals surface area (Å²) >= 11 is 0. The Morgan fingerprint density at radius 1 is 1.19 bits per heavy atom. The van der Waals surface area contributed by atoms with Gasteiger partial charge in [0.05, 0.1) is 29.6 Å². The van der Waals surface area contributed by atoms with E-state index in [0.29, 0.717) is 11.4 Å². The van der Waals surface area contributed by atoms with E-state index in [1.807, 2.05) is 6.07 Å². The van der Waals surface area contributed by atoms with Gasteiger partial charge in [0, 0.05) is 5.56 Å². The molecule has 0 aliphatic heterocycles. The lowest BCUT2D eigenvalue weighted by atomic mass is 10.1. The molecule has 0 bridgehead atoms. The maximum atomic E-state index is 12.4. The number of hydrogen-bond acceptors (Lipinski definition) is 4. The smallest absolute Gasteiger partial charge is 0.405 e. The summed E-state index contributed by atoms with van der Waals surface area (Å²) in [5.74, 6) is -0.356. The maximum Gasteiger partial charge on any atom is 0.573 e. The Morgan fingerprint density at radius 2 is 1.90 bits per heavy atom. The van der Waals surface area contributed by atoms with Crippen LogP contribution in [0.3, 0.4) is 0 Å². The van der Waals surface area contributed by atoms with Crippen LogP contribution < -0.4 is 10.5 Å². The number of para-hydroxylation sites is 1. The Labute approximate surface area is 118 Å². The number of aromatic nitrogens is 1. The van der Waals surface area contributed by atoms with Crippen molar-refractivity contribution >= 4 is 5.69 Å². The number of halogens is 3. The zero-order chi connectivity index (χ0) is 15.5. The SMILES string of the molecule is N#CCc1nc(-c2ccccc2OC(F)(F)F)ccc1N. The minimum atomic E-state index is -4.79. The number of benzene rings is 1. The first-order chi connectivity index (χ1) is 9.90. The van der Waals surface area contributed by atoms with E-state index in [2.05, 4.69) is 9.72 Å². The number of nitrogens with two attached hydrogens (primary N) is 1. The van der Waals surface area contributed by atoms with Crippen molar-refractivity contribution in [1.29, 1.82) is 5.26 Å². The van der Waals surface area contributed by atoms with Gasteiger partial charge in [0.25, 0.3) is 0 Å². The highest BCUT2D eigenvalue weighted by atomic mass is 19.4. The predicted octanol–water partition coefficient (Wildman–Crippen LogP) is 3.30. The Balaban J connectivity index is 2.47. The average Bonchev–Trinajstić information content (AvgIpc) is 2.40. The molecule has 2 aromatic rings. The molecule has 1 aromatic heterocycles. The summed E-state index contributed by atoms with van der Waals surface area (Å²) in [6.45, 7) is 0. The van der Waals surface area contributed by atoms with Crippen molar-refractivity contribution in [2.75, 3.05) is 5.73 Å². The Bertz CT molecular complexity index is 693. The molecule has 7 heteroatoms. The average molecular weight is 293 g/mol. The van der Waals surface area contributed by atoms with Crippen LogP contribution in [0, 0.1) is 11.3 Å². The number of ether oxygens (including phenoxy) is 1. The van der Waals surface area contributed by atoms with Crippen LogP contribution in [-0.4, -0.2) is 11.3 Å². The first-order valence-electron chi connectivity index (χ1n) is 5.88. The van der Waals surface area contributed by atoms with Crippen molar-refractivity contribution in [3.63, 3.8) is 0 Å². The molecule has 0 saturated carbocycles. The molecule has 2 N–H and O–H groups in total. The van der Waals surface area contributed by atoms with Crippen molar-refractivity contribution in [2.45, 2.75) is 12.8 Å². The quantitative estimate of drug-likeness (QED) is 0.942. The standard InChI is InChI=1S/C14H10F3N3O/c15-14(16,17)21-13-4-2-1-3-9(13)11-6-5-10(19)12(20-11)7-8-18/h1-6H,7,19H2. The van der Waals surface area contributed by atoms with Gasteiger partial charge in [-0.05, 0) is 24.3 Å². The number of nitrogen functional groups attached to an aromatic ring is 1. The summed E-state index contributed by atoms with van der Waals surface area (Å²) in [7, 11) is 0. The zero-order valence-electron chi connectivity index (χ0n) is 10.7. The maximum absolute atomic E-state index is 12.4. The van der Waals surface area contributed by atoms with E-state index < -0.39 is 6.36 Å². The third-order valence-electron chi connectivity index (χ3n) is 2.64. The normalized spacial score (nSPS) is 11.0. The van der Waals surface area contributed by atoms with Gasteiger partial charge >= 0.3 is 6.36 Å². The van der Waals surface area contributed by atoms with Crippen molar-refractivity contribution in [3.8, 4) is 23.1 Å². The van der Waals surface area contributed by atoms with Gasteiger partial charge < -0.3 is 10.5 Å². The predicted molar refractivity (Wildman–Crippen MR) is 70.1 cm³/mol. The molecule has 21 heavy (non-hydrogen) atoms. The first-order valence-corrected chi connectivity index (χ1v) is 5.88. The van der Waals surface area contributed by atoms with Crippen molar-refractivity contribution in [2.24, 2.45) is 0 Å². The highest BCUT2D eigenvalue weighted by Gasteiger charge is 2.32. The van der Waals surface area contributed by atoms with Gasteiger partial charge in [-0.1, -0.05) is 12.1 Å². The largest absolute Gasteiger partial charge is 0.573 e. The number of hydrogen-bond donors (Lipinski definition) is 1. The van der Waals surface area contributed by atoms with E-state index in [-0.39, 0.29) is 23.4 Å². The summed E-state index contributed by atoms with van der Waals surface area (Å²) in [4.78, 5) is 4.13. The summed E-state index contributed by atoms with van der Waals surface area (Å²) in [5, 5.41) is 8.69. The molecular formula is C14H10F3N3O. The van der Waals surface area contributed by atoms with Crippen LogP contribution in [-0.2, 0) is 6.42 Å². The Morgan fingerprint density at radius 3 is 2.57 bits per heavy atom. The molecule has 0 aliphatic carbocycles. The molecule has 108 valence electrons. The molecule has 0 saturated heterocycles. The molecule has 0 unspecified atom stereocenters. The van der Waals surface area contributed by atoms with Gasteiger partial charge in [0.2, 0.25) is 0 Å². The van der Waals surface area contributed by atoms with Crippen molar-refractivity contribution < 1.29 is 17.9 Å². The van der Waals surface area contributed by atoms with Gasteiger partial charge in [-0.2, -0.15) is 5.26 Å². The van der Waals surface area contributed by atoms with Crippen LogP contribution in [0.4, 0.5) is 18.9 Å². The Kier molecular flexibility index (Phi) is 3.98. The van der Waals surface area contributed by atoms with E-state index >= 15 is 0 Å². The molecule has 0 atom stereocenters. The first kappa shape index (κ1) is 14.7. The summed E-state index contributed by atoms with van der Waals surface area (Å²) in [6, 6.07) is 10.5. The number of rotatable bonds is 3.